The van der Waals surface area contributed by atoms with Crippen LogP contribution in [0.25, 0.3) is 0 Å². The zero-order valence-electron chi connectivity index (χ0n) is 12.5. The van der Waals surface area contributed by atoms with Gasteiger partial charge in [0.25, 0.3) is 0 Å². The molecule has 1 heterocycles. The second kappa shape index (κ2) is 11.6. The predicted octanol–water partition coefficient (Wildman–Crippen LogP) is 0.669. The van der Waals surface area contributed by atoms with Crippen LogP contribution in [0.2, 0.25) is 0 Å². The van der Waals surface area contributed by atoms with Crippen LogP contribution < -0.4 is 5.73 Å². The molecule has 0 aromatic heterocycles. The lowest BCUT2D eigenvalue weighted by Gasteiger charge is -2.35. The van der Waals surface area contributed by atoms with Gasteiger partial charge in [-0.2, -0.15) is 11.8 Å². The van der Waals surface area contributed by atoms with Crippen molar-refractivity contribution in [2.24, 2.45) is 5.73 Å². The maximum atomic E-state index is 12.1. The molecule has 2 N–H and O–H groups in total. The highest BCUT2D eigenvalue weighted by molar-refractivity contribution is 7.98. The number of carbonyl (C=O) groups excluding carboxylic acids is 1. The summed E-state index contributed by atoms with van der Waals surface area (Å²) in [5.74, 6) is 1.06. The van der Waals surface area contributed by atoms with Crippen LogP contribution in [0.4, 0.5) is 0 Å². The SMILES string of the molecule is CCOCCN1CCN(C(=O)[C@@H](N)CCSC)CC1.Cl. The Hall–Kier alpha value is -0.0100. The third-order valence-corrected chi connectivity index (χ3v) is 4.03. The lowest BCUT2D eigenvalue weighted by molar-refractivity contribution is -0.134. The van der Waals surface area contributed by atoms with E-state index in [0.717, 1.165) is 58.1 Å². The average molecular weight is 326 g/mol. The molecule has 1 aliphatic heterocycles. The first kappa shape index (κ1) is 20.0. The standard InChI is InChI=1S/C13H27N3O2S.ClH/c1-3-18-10-9-15-5-7-16(8-6-15)13(17)12(14)4-11-19-2;/h12H,3-11,14H2,1-2H3;1H/t12-;/m0./s1. The summed E-state index contributed by atoms with van der Waals surface area (Å²) >= 11 is 1.73. The Morgan fingerprint density at radius 2 is 2.00 bits per heavy atom. The number of thioether (sulfide) groups is 1. The number of nitrogens with zero attached hydrogens (tertiary/aromatic N) is 2. The third-order valence-electron chi connectivity index (χ3n) is 3.39. The molecule has 1 atom stereocenters. The Morgan fingerprint density at radius 3 is 2.55 bits per heavy atom. The van der Waals surface area contributed by atoms with E-state index in [1.165, 1.54) is 0 Å². The highest BCUT2D eigenvalue weighted by Crippen LogP contribution is 2.06. The summed E-state index contributed by atoms with van der Waals surface area (Å²) in [6.07, 6.45) is 2.80. The van der Waals surface area contributed by atoms with Crippen molar-refractivity contribution in [3.8, 4) is 0 Å². The van der Waals surface area contributed by atoms with Crippen molar-refractivity contribution in [2.45, 2.75) is 19.4 Å². The zero-order valence-corrected chi connectivity index (χ0v) is 14.2. The van der Waals surface area contributed by atoms with Crippen LogP contribution in [0.1, 0.15) is 13.3 Å². The van der Waals surface area contributed by atoms with Gasteiger partial charge in [0.05, 0.1) is 12.6 Å². The summed E-state index contributed by atoms with van der Waals surface area (Å²) in [7, 11) is 0. The fourth-order valence-electron chi connectivity index (χ4n) is 2.13. The van der Waals surface area contributed by atoms with E-state index in [-0.39, 0.29) is 24.4 Å². The number of halogens is 1. The Labute approximate surface area is 133 Å². The molecule has 1 fully saturated rings. The van der Waals surface area contributed by atoms with Crippen molar-refractivity contribution in [3.63, 3.8) is 0 Å². The highest BCUT2D eigenvalue weighted by Gasteiger charge is 2.24. The van der Waals surface area contributed by atoms with Gasteiger partial charge in [-0.05, 0) is 25.4 Å². The second-order valence-electron chi connectivity index (χ2n) is 4.75. The summed E-state index contributed by atoms with van der Waals surface area (Å²) in [6, 6.07) is -0.331. The molecule has 1 rings (SSSR count). The monoisotopic (exact) mass is 325 g/mol. The summed E-state index contributed by atoms with van der Waals surface area (Å²) in [4.78, 5) is 16.4. The minimum absolute atomic E-state index is 0. The van der Waals surface area contributed by atoms with Crippen LogP contribution in [-0.4, -0.2) is 79.7 Å². The fourth-order valence-corrected chi connectivity index (χ4v) is 2.62. The molecular formula is C13H28ClN3O2S. The van der Waals surface area contributed by atoms with Crippen LogP contribution >= 0.6 is 24.2 Å². The molecule has 0 aliphatic carbocycles. The molecule has 0 aromatic rings. The maximum Gasteiger partial charge on any atom is 0.239 e. The van der Waals surface area contributed by atoms with Gasteiger partial charge < -0.3 is 15.4 Å². The van der Waals surface area contributed by atoms with Crippen LogP contribution in [0, 0.1) is 0 Å². The van der Waals surface area contributed by atoms with Crippen LogP contribution in [0.5, 0.6) is 0 Å². The average Bonchev–Trinajstić information content (AvgIpc) is 2.45. The third kappa shape index (κ3) is 7.13. The van der Waals surface area contributed by atoms with E-state index in [1.807, 2.05) is 18.1 Å². The molecule has 120 valence electrons. The Balaban J connectivity index is 0.00000361. The predicted molar refractivity (Wildman–Crippen MR) is 87.7 cm³/mol. The molecule has 7 heteroatoms. The summed E-state index contributed by atoms with van der Waals surface area (Å²) in [6.45, 7) is 7.93. The molecule has 0 unspecified atom stereocenters. The topological polar surface area (TPSA) is 58.8 Å². The van der Waals surface area contributed by atoms with Crippen LogP contribution in [0.3, 0.4) is 0 Å². The molecule has 0 radical (unpaired) electrons. The van der Waals surface area contributed by atoms with Crippen molar-refractivity contribution < 1.29 is 9.53 Å². The van der Waals surface area contributed by atoms with Crippen molar-refractivity contribution in [2.75, 3.05) is 57.9 Å². The first-order valence-corrected chi connectivity index (χ1v) is 8.41. The van der Waals surface area contributed by atoms with Gasteiger partial charge in [-0.15, -0.1) is 12.4 Å². The first-order valence-electron chi connectivity index (χ1n) is 7.02. The summed E-state index contributed by atoms with van der Waals surface area (Å²) in [5, 5.41) is 0. The van der Waals surface area contributed by atoms with E-state index in [1.54, 1.807) is 11.8 Å². The number of ether oxygens (including phenoxy) is 1. The Kier molecular flexibility index (Phi) is 11.6. The van der Waals surface area contributed by atoms with Crippen molar-refractivity contribution in [1.82, 2.24) is 9.80 Å². The van der Waals surface area contributed by atoms with E-state index in [0.29, 0.717) is 0 Å². The van der Waals surface area contributed by atoms with Gasteiger partial charge >= 0.3 is 0 Å². The molecule has 5 nitrogen and oxygen atoms in total. The van der Waals surface area contributed by atoms with Gasteiger partial charge in [0.15, 0.2) is 0 Å². The first-order chi connectivity index (χ1) is 9.19. The number of rotatable bonds is 8. The summed E-state index contributed by atoms with van der Waals surface area (Å²) in [5.41, 5.74) is 5.93. The van der Waals surface area contributed by atoms with Gasteiger partial charge in [0.2, 0.25) is 5.91 Å². The molecule has 0 saturated carbocycles. The summed E-state index contributed by atoms with van der Waals surface area (Å²) < 4.78 is 5.35. The van der Waals surface area contributed by atoms with Crippen molar-refractivity contribution in [1.29, 1.82) is 0 Å². The van der Waals surface area contributed by atoms with E-state index in [9.17, 15) is 4.79 Å². The maximum absolute atomic E-state index is 12.1. The van der Waals surface area contributed by atoms with Gasteiger partial charge in [-0.25, -0.2) is 0 Å². The van der Waals surface area contributed by atoms with Crippen LogP contribution in [0.15, 0.2) is 0 Å². The number of nitrogens with two attached hydrogens (primary N) is 1. The lowest BCUT2D eigenvalue weighted by atomic mass is 10.2. The minimum Gasteiger partial charge on any atom is -0.380 e. The quantitative estimate of drug-likeness (QED) is 0.665. The molecular weight excluding hydrogens is 298 g/mol. The molecule has 1 saturated heterocycles. The van der Waals surface area contributed by atoms with Crippen LogP contribution in [-0.2, 0) is 9.53 Å². The number of amides is 1. The van der Waals surface area contributed by atoms with E-state index >= 15 is 0 Å². The Bertz CT molecular complexity index is 264. The number of carbonyl (C=O) groups is 1. The van der Waals surface area contributed by atoms with Gasteiger partial charge in [-0.3, -0.25) is 9.69 Å². The molecule has 1 amide bonds. The highest BCUT2D eigenvalue weighted by atomic mass is 35.5. The smallest absolute Gasteiger partial charge is 0.239 e. The number of hydrogen-bond acceptors (Lipinski definition) is 5. The molecule has 0 spiro atoms. The van der Waals surface area contributed by atoms with E-state index in [4.69, 9.17) is 10.5 Å². The molecule has 0 aromatic carbocycles. The molecule has 1 aliphatic rings. The van der Waals surface area contributed by atoms with Crippen molar-refractivity contribution in [3.05, 3.63) is 0 Å². The number of hydrogen-bond donors (Lipinski definition) is 1. The van der Waals surface area contributed by atoms with E-state index in [2.05, 4.69) is 4.90 Å². The molecule has 0 bridgehead atoms. The Morgan fingerprint density at radius 1 is 1.35 bits per heavy atom. The van der Waals surface area contributed by atoms with Crippen molar-refractivity contribution >= 4 is 30.1 Å². The largest absolute Gasteiger partial charge is 0.380 e. The molecule has 20 heavy (non-hydrogen) atoms. The van der Waals surface area contributed by atoms with Gasteiger partial charge in [0.1, 0.15) is 0 Å². The normalized spacial score (nSPS) is 17.6. The van der Waals surface area contributed by atoms with E-state index < -0.39 is 0 Å². The minimum atomic E-state index is -0.331. The fraction of sp³-hybridized carbons (Fsp3) is 0.923. The number of piperazine rings is 1. The lowest BCUT2D eigenvalue weighted by Crippen LogP contribution is -2.53. The van der Waals surface area contributed by atoms with Gasteiger partial charge in [-0.1, -0.05) is 0 Å². The van der Waals surface area contributed by atoms with Gasteiger partial charge in [0, 0.05) is 39.3 Å². The zero-order chi connectivity index (χ0) is 14.1. The second-order valence-corrected chi connectivity index (χ2v) is 5.74.